The van der Waals surface area contributed by atoms with Crippen molar-refractivity contribution in [3.05, 3.63) is 58.3 Å². The van der Waals surface area contributed by atoms with E-state index in [4.69, 9.17) is 0 Å². The van der Waals surface area contributed by atoms with E-state index in [0.29, 0.717) is 23.5 Å². The molecule has 0 unspecified atom stereocenters. The summed E-state index contributed by atoms with van der Waals surface area (Å²) >= 11 is 0. The highest BCUT2D eigenvalue weighted by Gasteiger charge is 2.27. The molecule has 8 nitrogen and oxygen atoms in total. The van der Waals surface area contributed by atoms with Gasteiger partial charge in [0.25, 0.3) is 5.69 Å². The number of carbonyl (C=O) groups excluding carboxylic acids is 2. The summed E-state index contributed by atoms with van der Waals surface area (Å²) in [6.45, 7) is -0.166. The summed E-state index contributed by atoms with van der Waals surface area (Å²) in [6.07, 6.45) is 2.19. The van der Waals surface area contributed by atoms with Gasteiger partial charge in [-0.1, -0.05) is 6.07 Å². The summed E-state index contributed by atoms with van der Waals surface area (Å²) in [6, 6.07) is 9.41. The molecule has 1 N–H and O–H groups in total. The Balaban J connectivity index is 1.79. The van der Waals surface area contributed by atoms with Crippen LogP contribution in [0.5, 0.6) is 0 Å². The Labute approximate surface area is 137 Å². The number of carbonyl (C=O) groups is 2. The molecule has 2 amide bonds. The van der Waals surface area contributed by atoms with Crippen molar-refractivity contribution in [2.75, 3.05) is 16.8 Å². The van der Waals surface area contributed by atoms with E-state index in [9.17, 15) is 19.7 Å². The Morgan fingerprint density at radius 1 is 1.29 bits per heavy atom. The van der Waals surface area contributed by atoms with Gasteiger partial charge in [0.1, 0.15) is 12.4 Å². The van der Waals surface area contributed by atoms with Crippen molar-refractivity contribution in [2.24, 2.45) is 0 Å². The lowest BCUT2D eigenvalue weighted by Crippen LogP contribution is -2.41. The molecule has 3 rings (SSSR count). The second-order valence-corrected chi connectivity index (χ2v) is 5.31. The van der Waals surface area contributed by atoms with E-state index >= 15 is 0 Å². The van der Waals surface area contributed by atoms with Gasteiger partial charge in [-0.15, -0.1) is 0 Å². The maximum atomic E-state index is 12.2. The SMILES string of the molecule is O=C(CN1C(=O)CCc2cc([N+](=O)[O-])ccc21)Nc1ccccn1. The number of non-ortho nitro benzene ring substituents is 1. The topological polar surface area (TPSA) is 105 Å². The number of rotatable bonds is 4. The summed E-state index contributed by atoms with van der Waals surface area (Å²) in [5.74, 6) is -0.170. The number of amides is 2. The fourth-order valence-corrected chi connectivity index (χ4v) is 2.60. The van der Waals surface area contributed by atoms with E-state index in [-0.39, 0.29) is 30.5 Å². The van der Waals surface area contributed by atoms with E-state index in [2.05, 4.69) is 10.3 Å². The highest BCUT2D eigenvalue weighted by molar-refractivity contribution is 6.04. The van der Waals surface area contributed by atoms with Crippen molar-refractivity contribution in [1.29, 1.82) is 0 Å². The van der Waals surface area contributed by atoms with Crippen LogP contribution >= 0.6 is 0 Å². The largest absolute Gasteiger partial charge is 0.309 e. The van der Waals surface area contributed by atoms with Crippen LogP contribution in [0.15, 0.2) is 42.6 Å². The first-order valence-electron chi connectivity index (χ1n) is 7.33. The predicted molar refractivity (Wildman–Crippen MR) is 86.6 cm³/mol. The van der Waals surface area contributed by atoms with Crippen molar-refractivity contribution in [1.82, 2.24) is 4.98 Å². The van der Waals surface area contributed by atoms with Gasteiger partial charge in [-0.05, 0) is 30.2 Å². The Morgan fingerprint density at radius 2 is 2.12 bits per heavy atom. The van der Waals surface area contributed by atoms with Crippen LogP contribution in [0, 0.1) is 10.1 Å². The normalized spacial score (nSPS) is 13.3. The van der Waals surface area contributed by atoms with Gasteiger partial charge in [0, 0.05) is 30.4 Å². The van der Waals surface area contributed by atoms with Crippen LogP contribution in [-0.2, 0) is 16.0 Å². The molecule has 0 aliphatic carbocycles. The van der Waals surface area contributed by atoms with E-state index < -0.39 is 4.92 Å². The lowest BCUT2D eigenvalue weighted by molar-refractivity contribution is -0.384. The molecule has 0 saturated carbocycles. The van der Waals surface area contributed by atoms with Gasteiger partial charge in [-0.2, -0.15) is 0 Å². The van der Waals surface area contributed by atoms with Crippen molar-refractivity contribution in [3.8, 4) is 0 Å². The molecule has 1 aromatic carbocycles. The number of hydrogen-bond acceptors (Lipinski definition) is 5. The summed E-state index contributed by atoms with van der Waals surface area (Å²) in [4.78, 5) is 40.1. The zero-order valence-electron chi connectivity index (χ0n) is 12.6. The lowest BCUT2D eigenvalue weighted by Gasteiger charge is -2.28. The minimum atomic E-state index is -0.477. The Kier molecular flexibility index (Phi) is 4.19. The first-order valence-corrected chi connectivity index (χ1v) is 7.33. The predicted octanol–water partition coefficient (Wildman–Crippen LogP) is 1.91. The maximum Gasteiger partial charge on any atom is 0.269 e. The highest BCUT2D eigenvalue weighted by Crippen LogP contribution is 2.30. The van der Waals surface area contributed by atoms with Crippen molar-refractivity contribution >= 4 is 29.0 Å². The van der Waals surface area contributed by atoms with Crippen LogP contribution in [0.4, 0.5) is 17.2 Å². The van der Waals surface area contributed by atoms with Gasteiger partial charge in [0.05, 0.1) is 4.92 Å². The van der Waals surface area contributed by atoms with Gasteiger partial charge >= 0.3 is 0 Å². The molecule has 2 aromatic rings. The molecule has 0 spiro atoms. The molecule has 1 aromatic heterocycles. The molecular weight excluding hydrogens is 312 g/mol. The van der Waals surface area contributed by atoms with E-state index in [0.717, 1.165) is 0 Å². The van der Waals surface area contributed by atoms with Crippen molar-refractivity contribution in [2.45, 2.75) is 12.8 Å². The van der Waals surface area contributed by atoms with E-state index in [1.165, 1.54) is 23.1 Å². The van der Waals surface area contributed by atoms with Gasteiger partial charge in [-0.25, -0.2) is 4.98 Å². The average molecular weight is 326 g/mol. The van der Waals surface area contributed by atoms with Gasteiger partial charge in [-0.3, -0.25) is 19.7 Å². The number of benzene rings is 1. The maximum absolute atomic E-state index is 12.2. The van der Waals surface area contributed by atoms with Crippen molar-refractivity contribution in [3.63, 3.8) is 0 Å². The number of aryl methyl sites for hydroxylation is 1. The summed E-state index contributed by atoms with van der Waals surface area (Å²) in [5, 5.41) is 13.5. The summed E-state index contributed by atoms with van der Waals surface area (Å²) in [7, 11) is 0. The third-order valence-corrected chi connectivity index (χ3v) is 3.71. The minimum absolute atomic E-state index is 0.0269. The molecule has 0 fully saturated rings. The Bertz CT molecular complexity index is 807. The molecule has 1 aliphatic rings. The smallest absolute Gasteiger partial charge is 0.269 e. The number of pyridine rings is 1. The van der Waals surface area contributed by atoms with Crippen molar-refractivity contribution < 1.29 is 14.5 Å². The third-order valence-electron chi connectivity index (χ3n) is 3.71. The third kappa shape index (κ3) is 3.22. The molecule has 0 bridgehead atoms. The van der Waals surface area contributed by atoms with E-state index in [1.54, 1.807) is 24.4 Å². The first kappa shape index (κ1) is 15.6. The number of anilines is 2. The molecular formula is C16H14N4O4. The van der Waals surface area contributed by atoms with Gasteiger partial charge < -0.3 is 10.2 Å². The van der Waals surface area contributed by atoms with Crippen LogP contribution in [0.3, 0.4) is 0 Å². The van der Waals surface area contributed by atoms with Gasteiger partial charge in [0.2, 0.25) is 11.8 Å². The lowest BCUT2D eigenvalue weighted by atomic mass is 10.0. The highest BCUT2D eigenvalue weighted by atomic mass is 16.6. The van der Waals surface area contributed by atoms with Crippen LogP contribution in [0.2, 0.25) is 0 Å². The summed E-state index contributed by atoms with van der Waals surface area (Å²) < 4.78 is 0. The average Bonchev–Trinajstić information content (AvgIpc) is 2.58. The number of aromatic nitrogens is 1. The molecule has 8 heteroatoms. The molecule has 0 atom stereocenters. The number of nitrogens with one attached hydrogen (secondary N) is 1. The Morgan fingerprint density at radius 3 is 2.83 bits per heavy atom. The van der Waals surface area contributed by atoms with Crippen LogP contribution in [-0.4, -0.2) is 28.3 Å². The number of nitro benzene ring substituents is 1. The quantitative estimate of drug-likeness (QED) is 0.682. The number of fused-ring (bicyclic) bond motifs is 1. The molecule has 0 saturated heterocycles. The van der Waals surface area contributed by atoms with Gasteiger partial charge in [0.15, 0.2) is 0 Å². The Hall–Kier alpha value is -3.29. The van der Waals surface area contributed by atoms with Crippen LogP contribution in [0.1, 0.15) is 12.0 Å². The molecule has 2 heterocycles. The minimum Gasteiger partial charge on any atom is -0.309 e. The second kappa shape index (κ2) is 6.45. The molecule has 0 radical (unpaired) electrons. The molecule has 1 aliphatic heterocycles. The van der Waals surface area contributed by atoms with Crippen LogP contribution in [0.25, 0.3) is 0 Å². The number of nitrogens with zero attached hydrogens (tertiary/aromatic N) is 3. The number of hydrogen-bond donors (Lipinski definition) is 1. The standard InChI is InChI=1S/C16H14N4O4/c21-15(18-14-3-1-2-8-17-14)10-19-13-6-5-12(20(23)24)9-11(13)4-7-16(19)22/h1-3,5-6,8-9H,4,7,10H2,(H,17,18,21). The first-order chi connectivity index (χ1) is 11.5. The fraction of sp³-hybridized carbons (Fsp3) is 0.188. The van der Waals surface area contributed by atoms with E-state index in [1.807, 2.05) is 0 Å². The monoisotopic (exact) mass is 326 g/mol. The zero-order valence-corrected chi connectivity index (χ0v) is 12.6. The zero-order chi connectivity index (χ0) is 17.1. The van der Waals surface area contributed by atoms with Crippen LogP contribution < -0.4 is 10.2 Å². The molecule has 24 heavy (non-hydrogen) atoms. The number of nitro groups is 1. The molecule has 122 valence electrons. The fourth-order valence-electron chi connectivity index (χ4n) is 2.60. The summed E-state index contributed by atoms with van der Waals surface area (Å²) in [5.41, 5.74) is 1.20. The second-order valence-electron chi connectivity index (χ2n) is 5.31.